The quantitative estimate of drug-likeness (QED) is 0.697. The number of benzene rings is 1. The van der Waals surface area contributed by atoms with E-state index in [9.17, 15) is 23.6 Å². The first-order valence-electron chi connectivity index (χ1n) is 10.8. The zero-order valence-electron chi connectivity index (χ0n) is 17.2. The molecule has 2 aliphatic heterocycles. The molecule has 166 valence electrons. The van der Waals surface area contributed by atoms with Gasteiger partial charge in [0.25, 0.3) is 5.91 Å². The van der Waals surface area contributed by atoms with Crippen LogP contribution in [-0.2, 0) is 27.4 Å². The Morgan fingerprint density at radius 1 is 1.16 bits per heavy atom. The second-order valence-corrected chi connectivity index (χ2v) is 8.46. The van der Waals surface area contributed by atoms with E-state index in [0.29, 0.717) is 23.7 Å². The molecule has 0 bridgehead atoms. The lowest BCUT2D eigenvalue weighted by Crippen LogP contribution is -2.52. The minimum absolute atomic E-state index is 0.103. The van der Waals surface area contributed by atoms with Gasteiger partial charge in [-0.15, -0.1) is 0 Å². The third-order valence-corrected chi connectivity index (χ3v) is 6.29. The maximum atomic E-state index is 14.6. The van der Waals surface area contributed by atoms with Gasteiger partial charge in [-0.3, -0.25) is 19.7 Å². The van der Waals surface area contributed by atoms with Gasteiger partial charge >= 0.3 is 6.09 Å². The summed E-state index contributed by atoms with van der Waals surface area (Å²) >= 11 is 0. The van der Waals surface area contributed by atoms with Gasteiger partial charge in [-0.1, -0.05) is 19.3 Å². The highest BCUT2D eigenvalue weighted by Crippen LogP contribution is 2.29. The van der Waals surface area contributed by atoms with E-state index in [2.05, 4.69) is 10.6 Å². The van der Waals surface area contributed by atoms with Crippen molar-refractivity contribution < 1.29 is 28.3 Å². The summed E-state index contributed by atoms with van der Waals surface area (Å²) in [6, 6.07) is 1.93. The number of rotatable bonds is 5. The van der Waals surface area contributed by atoms with Gasteiger partial charge in [0.1, 0.15) is 11.9 Å². The maximum Gasteiger partial charge on any atom is 0.407 e. The molecule has 0 radical (unpaired) electrons. The number of nitrogens with one attached hydrogen (secondary N) is 2. The summed E-state index contributed by atoms with van der Waals surface area (Å²) in [5.41, 5.74) is 0.959. The van der Waals surface area contributed by atoms with Crippen LogP contribution in [0.5, 0.6) is 0 Å². The van der Waals surface area contributed by atoms with E-state index < -0.39 is 23.9 Å². The monoisotopic (exact) mass is 431 g/mol. The molecule has 0 aromatic heterocycles. The fourth-order valence-corrected chi connectivity index (χ4v) is 4.53. The van der Waals surface area contributed by atoms with Gasteiger partial charge < -0.3 is 15.0 Å². The van der Waals surface area contributed by atoms with Crippen LogP contribution in [0.1, 0.15) is 66.4 Å². The van der Waals surface area contributed by atoms with E-state index in [0.717, 1.165) is 25.7 Å². The number of alkyl carbamates (subject to hydrolysis) is 1. The molecule has 1 atom stereocenters. The number of carbonyl (C=O) groups is 4. The molecule has 1 aromatic rings. The molecular weight excluding hydrogens is 405 g/mol. The van der Waals surface area contributed by atoms with Crippen molar-refractivity contribution in [2.45, 2.75) is 64.1 Å². The molecule has 2 fully saturated rings. The average molecular weight is 431 g/mol. The van der Waals surface area contributed by atoms with Crippen molar-refractivity contribution in [3.05, 3.63) is 34.6 Å². The van der Waals surface area contributed by atoms with Gasteiger partial charge in [-0.25, -0.2) is 9.18 Å². The largest absolute Gasteiger partial charge is 0.449 e. The van der Waals surface area contributed by atoms with Crippen molar-refractivity contribution >= 4 is 23.8 Å². The molecule has 31 heavy (non-hydrogen) atoms. The summed E-state index contributed by atoms with van der Waals surface area (Å²) in [6.45, 7) is 0.362. The normalized spacial score (nSPS) is 21.6. The van der Waals surface area contributed by atoms with E-state index in [1.807, 2.05) is 0 Å². The summed E-state index contributed by atoms with van der Waals surface area (Å²) < 4.78 is 19.8. The fraction of sp³-hybridized carbons (Fsp3) is 0.545. The number of piperidine rings is 1. The molecule has 1 aromatic carbocycles. The number of nitrogens with zero attached hydrogens (tertiary/aromatic N) is 1. The Kier molecular flexibility index (Phi) is 6.20. The number of carbonyl (C=O) groups excluding carboxylic acids is 4. The van der Waals surface area contributed by atoms with Crippen molar-refractivity contribution in [1.29, 1.82) is 0 Å². The SMILES string of the molecule is O=C1CCC(N2Cc3cc(F)c(CNC(=O)OCC4CCCCC4)cc3C2=O)C(=O)N1. The number of ether oxygens (including phenoxy) is 1. The zero-order chi connectivity index (χ0) is 22.0. The van der Waals surface area contributed by atoms with Crippen LogP contribution in [0.15, 0.2) is 12.1 Å². The Morgan fingerprint density at radius 3 is 2.68 bits per heavy atom. The second kappa shape index (κ2) is 9.03. The highest BCUT2D eigenvalue weighted by Gasteiger charge is 2.39. The summed E-state index contributed by atoms with van der Waals surface area (Å²) in [5.74, 6) is -1.41. The van der Waals surface area contributed by atoms with E-state index >= 15 is 0 Å². The van der Waals surface area contributed by atoms with Crippen LogP contribution in [0, 0.1) is 11.7 Å². The highest BCUT2D eigenvalue weighted by atomic mass is 19.1. The van der Waals surface area contributed by atoms with Gasteiger partial charge in [-0.2, -0.15) is 0 Å². The van der Waals surface area contributed by atoms with Gasteiger partial charge in [-0.05, 0) is 42.9 Å². The number of amides is 4. The first-order chi connectivity index (χ1) is 14.9. The van der Waals surface area contributed by atoms with Gasteiger partial charge in [0.15, 0.2) is 0 Å². The fourth-order valence-electron chi connectivity index (χ4n) is 4.53. The van der Waals surface area contributed by atoms with Crippen LogP contribution >= 0.6 is 0 Å². The maximum absolute atomic E-state index is 14.6. The van der Waals surface area contributed by atoms with E-state index in [1.54, 1.807) is 0 Å². The van der Waals surface area contributed by atoms with Crippen molar-refractivity contribution in [2.75, 3.05) is 6.61 Å². The predicted molar refractivity (Wildman–Crippen MR) is 107 cm³/mol. The third kappa shape index (κ3) is 4.70. The van der Waals surface area contributed by atoms with Crippen molar-refractivity contribution in [2.24, 2.45) is 5.92 Å². The minimum Gasteiger partial charge on any atom is -0.449 e. The molecule has 0 spiro atoms. The smallest absolute Gasteiger partial charge is 0.407 e. The molecule has 4 rings (SSSR count). The lowest BCUT2D eigenvalue weighted by atomic mass is 9.90. The lowest BCUT2D eigenvalue weighted by Gasteiger charge is -2.29. The lowest BCUT2D eigenvalue weighted by molar-refractivity contribution is -0.136. The zero-order valence-corrected chi connectivity index (χ0v) is 17.2. The number of imide groups is 1. The number of hydrogen-bond acceptors (Lipinski definition) is 5. The first-order valence-corrected chi connectivity index (χ1v) is 10.8. The average Bonchev–Trinajstić information content (AvgIpc) is 3.06. The topological polar surface area (TPSA) is 105 Å². The summed E-state index contributed by atoms with van der Waals surface area (Å²) in [6.07, 6.45) is 5.43. The number of hydrogen-bond donors (Lipinski definition) is 2. The first kappa shape index (κ1) is 21.3. The van der Waals surface area contributed by atoms with Crippen LogP contribution < -0.4 is 10.6 Å². The van der Waals surface area contributed by atoms with Crippen LogP contribution in [0.4, 0.5) is 9.18 Å². The molecule has 4 amide bonds. The Morgan fingerprint density at radius 2 is 1.94 bits per heavy atom. The molecule has 3 aliphatic rings. The Bertz CT molecular complexity index is 913. The molecule has 1 unspecified atom stereocenters. The highest BCUT2D eigenvalue weighted by molar-refractivity contribution is 6.05. The summed E-state index contributed by atoms with van der Waals surface area (Å²) in [7, 11) is 0. The van der Waals surface area contributed by atoms with E-state index in [-0.39, 0.29) is 43.3 Å². The minimum atomic E-state index is -0.753. The standard InChI is InChI=1S/C22H26FN3O5/c23-17-9-15-11-26(18-6-7-19(27)25-20(18)28)21(29)16(15)8-14(17)10-24-22(30)31-12-13-4-2-1-3-5-13/h8-9,13,18H,1-7,10-12H2,(H,24,30)(H,25,27,28). The molecule has 1 aliphatic carbocycles. The van der Waals surface area contributed by atoms with Crippen molar-refractivity contribution in [3.8, 4) is 0 Å². The molecule has 2 N–H and O–H groups in total. The molecular formula is C22H26FN3O5. The third-order valence-electron chi connectivity index (χ3n) is 6.29. The Hall–Kier alpha value is -2.97. The number of fused-ring (bicyclic) bond motifs is 1. The van der Waals surface area contributed by atoms with E-state index in [1.165, 1.54) is 23.5 Å². The van der Waals surface area contributed by atoms with Crippen molar-refractivity contribution in [3.63, 3.8) is 0 Å². The van der Waals surface area contributed by atoms with Gasteiger partial charge in [0.05, 0.1) is 6.61 Å². The Balaban J connectivity index is 1.36. The predicted octanol–water partition coefficient (Wildman–Crippen LogP) is 2.39. The van der Waals surface area contributed by atoms with Gasteiger partial charge in [0.2, 0.25) is 11.8 Å². The van der Waals surface area contributed by atoms with Crippen LogP contribution in [0.2, 0.25) is 0 Å². The molecule has 8 nitrogen and oxygen atoms in total. The van der Waals surface area contributed by atoms with Crippen LogP contribution in [0.25, 0.3) is 0 Å². The van der Waals surface area contributed by atoms with Crippen molar-refractivity contribution in [1.82, 2.24) is 15.5 Å². The Labute approximate surface area is 179 Å². The van der Waals surface area contributed by atoms with Crippen LogP contribution in [0.3, 0.4) is 0 Å². The molecule has 1 saturated heterocycles. The number of halogens is 1. The molecule has 1 saturated carbocycles. The summed E-state index contributed by atoms with van der Waals surface area (Å²) in [5, 5.41) is 4.78. The molecule has 2 heterocycles. The van der Waals surface area contributed by atoms with Gasteiger partial charge in [0, 0.05) is 30.6 Å². The molecule has 9 heteroatoms. The summed E-state index contributed by atoms with van der Waals surface area (Å²) in [4.78, 5) is 49.6. The van der Waals surface area contributed by atoms with Crippen LogP contribution in [-0.4, -0.2) is 41.4 Å². The second-order valence-electron chi connectivity index (χ2n) is 8.46. The van der Waals surface area contributed by atoms with E-state index in [4.69, 9.17) is 4.74 Å².